The van der Waals surface area contributed by atoms with Crippen molar-refractivity contribution in [3.63, 3.8) is 0 Å². The van der Waals surface area contributed by atoms with Crippen molar-refractivity contribution in [2.24, 2.45) is 5.92 Å². The van der Waals surface area contributed by atoms with Crippen LogP contribution < -0.4 is 5.56 Å². The fraction of sp³-hybridized carbons (Fsp3) is 0.368. The van der Waals surface area contributed by atoms with Crippen LogP contribution in [0.5, 0.6) is 0 Å². The van der Waals surface area contributed by atoms with Gasteiger partial charge in [0.05, 0.1) is 23.2 Å². The fourth-order valence-corrected chi connectivity index (χ4v) is 3.63. The van der Waals surface area contributed by atoms with E-state index in [1.165, 1.54) is 11.0 Å². The van der Waals surface area contributed by atoms with Crippen molar-refractivity contribution in [1.29, 1.82) is 0 Å². The predicted molar refractivity (Wildman–Crippen MR) is 96.5 cm³/mol. The summed E-state index contributed by atoms with van der Waals surface area (Å²) in [6, 6.07) is 4.61. The van der Waals surface area contributed by atoms with Gasteiger partial charge in [-0.2, -0.15) is 0 Å². The lowest BCUT2D eigenvalue weighted by Gasteiger charge is -2.26. The molecule has 1 aromatic carbocycles. The number of rotatable bonds is 3. The van der Waals surface area contributed by atoms with Crippen molar-refractivity contribution >= 4 is 17.7 Å². The first-order valence-corrected chi connectivity index (χ1v) is 8.94. The molecule has 0 saturated carbocycles. The zero-order valence-corrected chi connectivity index (χ0v) is 15.2. The lowest BCUT2D eigenvalue weighted by molar-refractivity contribution is 0.0635. The standard InChI is InChI=1S/C19H20N4O4/c1-10(2)8-23-18(26)12-4-3-11(7-13(12)19(23)27)17(25)22-6-5-15-14(9-22)16(24)21-20-15/h3-4,7,10H,5-6,8-9H2,1-2H3,(H2,20,21,24). The molecule has 0 bridgehead atoms. The Kier molecular flexibility index (Phi) is 3.98. The van der Waals surface area contributed by atoms with Gasteiger partial charge in [0, 0.05) is 30.8 Å². The topological polar surface area (TPSA) is 106 Å². The first kappa shape index (κ1) is 17.3. The Hall–Kier alpha value is -3.16. The van der Waals surface area contributed by atoms with E-state index in [0.717, 1.165) is 5.69 Å². The highest BCUT2D eigenvalue weighted by molar-refractivity contribution is 6.22. The summed E-state index contributed by atoms with van der Waals surface area (Å²) in [5.74, 6) is -0.771. The van der Waals surface area contributed by atoms with Crippen LogP contribution in [0.4, 0.5) is 0 Å². The van der Waals surface area contributed by atoms with E-state index in [1.807, 2.05) is 13.8 Å². The first-order valence-electron chi connectivity index (χ1n) is 8.94. The van der Waals surface area contributed by atoms with E-state index >= 15 is 0 Å². The Bertz CT molecular complexity index is 1020. The fourth-order valence-electron chi connectivity index (χ4n) is 3.63. The predicted octanol–water partition coefficient (Wildman–Crippen LogP) is 1.15. The monoisotopic (exact) mass is 368 g/mol. The zero-order chi connectivity index (χ0) is 19.3. The van der Waals surface area contributed by atoms with Gasteiger partial charge in [0.1, 0.15) is 0 Å². The summed E-state index contributed by atoms with van der Waals surface area (Å²) < 4.78 is 0. The molecule has 4 rings (SSSR count). The summed E-state index contributed by atoms with van der Waals surface area (Å²) in [6.45, 7) is 4.91. The van der Waals surface area contributed by atoms with Crippen LogP contribution in [0, 0.1) is 5.92 Å². The van der Waals surface area contributed by atoms with Crippen molar-refractivity contribution in [3.8, 4) is 0 Å². The highest BCUT2D eigenvalue weighted by Crippen LogP contribution is 2.26. The number of nitrogens with one attached hydrogen (secondary N) is 2. The van der Waals surface area contributed by atoms with E-state index in [1.54, 1.807) is 17.0 Å². The molecule has 0 unspecified atom stereocenters. The van der Waals surface area contributed by atoms with E-state index in [9.17, 15) is 19.2 Å². The van der Waals surface area contributed by atoms with E-state index in [2.05, 4.69) is 10.2 Å². The lowest BCUT2D eigenvalue weighted by atomic mass is 10.0. The lowest BCUT2D eigenvalue weighted by Crippen LogP contribution is -2.37. The molecule has 2 aromatic rings. The summed E-state index contributed by atoms with van der Waals surface area (Å²) in [6.07, 6.45) is 0.560. The number of aromatic amines is 2. The number of carbonyl (C=O) groups is 3. The summed E-state index contributed by atoms with van der Waals surface area (Å²) >= 11 is 0. The minimum absolute atomic E-state index is 0.162. The highest BCUT2D eigenvalue weighted by atomic mass is 16.2. The molecule has 2 aliphatic heterocycles. The van der Waals surface area contributed by atoms with Gasteiger partial charge in [-0.25, -0.2) is 0 Å². The number of imide groups is 1. The number of hydrogen-bond acceptors (Lipinski definition) is 4. The Balaban J connectivity index is 1.60. The van der Waals surface area contributed by atoms with Crippen LogP contribution in [0.25, 0.3) is 0 Å². The maximum atomic E-state index is 12.9. The normalized spacial score (nSPS) is 16.1. The molecule has 8 nitrogen and oxygen atoms in total. The number of nitrogens with zero attached hydrogens (tertiary/aromatic N) is 2. The minimum atomic E-state index is -0.360. The van der Waals surface area contributed by atoms with Gasteiger partial charge in [0.15, 0.2) is 0 Å². The minimum Gasteiger partial charge on any atom is -0.334 e. The number of benzene rings is 1. The number of carbonyl (C=O) groups excluding carboxylic acids is 3. The van der Waals surface area contributed by atoms with Crippen LogP contribution in [0.15, 0.2) is 23.0 Å². The van der Waals surface area contributed by atoms with Crippen LogP contribution in [0.1, 0.15) is 56.2 Å². The molecule has 27 heavy (non-hydrogen) atoms. The number of fused-ring (bicyclic) bond motifs is 2. The number of hydrogen-bond donors (Lipinski definition) is 2. The van der Waals surface area contributed by atoms with Gasteiger partial charge in [-0.1, -0.05) is 13.8 Å². The van der Waals surface area contributed by atoms with Gasteiger partial charge in [0.25, 0.3) is 23.3 Å². The molecule has 1 aromatic heterocycles. The molecule has 3 heterocycles. The third-order valence-electron chi connectivity index (χ3n) is 5.00. The Morgan fingerprint density at radius 2 is 1.85 bits per heavy atom. The van der Waals surface area contributed by atoms with Crippen LogP contribution in [-0.2, 0) is 13.0 Å². The summed E-state index contributed by atoms with van der Waals surface area (Å²) in [7, 11) is 0. The first-order chi connectivity index (χ1) is 12.9. The molecule has 0 spiro atoms. The van der Waals surface area contributed by atoms with Crippen LogP contribution in [0.2, 0.25) is 0 Å². The van der Waals surface area contributed by atoms with Crippen molar-refractivity contribution < 1.29 is 14.4 Å². The molecule has 8 heteroatoms. The molecular formula is C19H20N4O4. The third-order valence-corrected chi connectivity index (χ3v) is 5.00. The molecule has 3 amide bonds. The molecule has 2 aliphatic rings. The maximum Gasteiger partial charge on any atom is 0.269 e. The van der Waals surface area contributed by atoms with Gasteiger partial charge in [-0.05, 0) is 24.1 Å². The van der Waals surface area contributed by atoms with Crippen LogP contribution in [0.3, 0.4) is 0 Å². The van der Waals surface area contributed by atoms with Gasteiger partial charge in [-0.3, -0.25) is 29.2 Å². The number of amides is 3. The van der Waals surface area contributed by atoms with Gasteiger partial charge in [0.2, 0.25) is 0 Å². The van der Waals surface area contributed by atoms with Gasteiger partial charge >= 0.3 is 0 Å². The second kappa shape index (κ2) is 6.22. The second-order valence-corrected chi connectivity index (χ2v) is 7.39. The van der Waals surface area contributed by atoms with Crippen LogP contribution in [-0.4, -0.2) is 50.8 Å². The van der Waals surface area contributed by atoms with E-state index in [-0.39, 0.29) is 41.3 Å². The Morgan fingerprint density at radius 1 is 1.11 bits per heavy atom. The molecular weight excluding hydrogens is 348 g/mol. The third kappa shape index (κ3) is 2.77. The maximum absolute atomic E-state index is 12.9. The molecule has 0 fully saturated rings. The quantitative estimate of drug-likeness (QED) is 0.793. The highest BCUT2D eigenvalue weighted by Gasteiger charge is 2.36. The molecule has 2 N–H and O–H groups in total. The van der Waals surface area contributed by atoms with E-state index in [0.29, 0.717) is 36.2 Å². The average Bonchev–Trinajstić information content (AvgIpc) is 3.13. The molecule has 0 aliphatic carbocycles. The van der Waals surface area contributed by atoms with Gasteiger partial charge in [-0.15, -0.1) is 0 Å². The van der Waals surface area contributed by atoms with Crippen molar-refractivity contribution in [3.05, 3.63) is 56.5 Å². The molecule has 140 valence electrons. The van der Waals surface area contributed by atoms with Crippen molar-refractivity contribution in [2.75, 3.05) is 13.1 Å². The summed E-state index contributed by atoms with van der Waals surface area (Å²) in [5.41, 5.74) is 2.11. The van der Waals surface area contributed by atoms with Crippen molar-refractivity contribution in [2.45, 2.75) is 26.8 Å². The molecule has 0 radical (unpaired) electrons. The second-order valence-electron chi connectivity index (χ2n) is 7.39. The Morgan fingerprint density at radius 3 is 2.59 bits per heavy atom. The largest absolute Gasteiger partial charge is 0.334 e. The van der Waals surface area contributed by atoms with Gasteiger partial charge < -0.3 is 10.00 Å². The van der Waals surface area contributed by atoms with Crippen molar-refractivity contribution in [1.82, 2.24) is 20.0 Å². The summed E-state index contributed by atoms with van der Waals surface area (Å²) in [4.78, 5) is 52.5. The zero-order valence-electron chi connectivity index (χ0n) is 15.2. The average molecular weight is 368 g/mol. The van der Waals surface area contributed by atoms with E-state index in [4.69, 9.17) is 0 Å². The number of H-pyrrole nitrogens is 2. The molecule has 0 saturated heterocycles. The van der Waals surface area contributed by atoms with Crippen LogP contribution >= 0.6 is 0 Å². The smallest absolute Gasteiger partial charge is 0.269 e. The van der Waals surface area contributed by atoms with E-state index < -0.39 is 0 Å². The number of aromatic nitrogens is 2. The summed E-state index contributed by atoms with van der Waals surface area (Å²) in [5, 5.41) is 5.36. The molecule has 0 atom stereocenters. The Labute approximate surface area is 155 Å². The SMILES string of the molecule is CC(C)CN1C(=O)c2ccc(C(=O)N3CCc4[nH][nH]c(=O)c4C3)cc2C1=O.